The topological polar surface area (TPSA) is 58.2 Å². The Morgan fingerprint density at radius 2 is 1.71 bits per heavy atom. The number of fused-ring (bicyclic) bond motifs is 1. The Labute approximate surface area is 142 Å². The SMILES string of the molecule is O=C(Cc1ccccc1)NCCC(=O)N[C@@H]1CCc2ccccc21. The van der Waals surface area contributed by atoms with Crippen molar-refractivity contribution in [3.8, 4) is 0 Å². The molecule has 0 unspecified atom stereocenters. The van der Waals surface area contributed by atoms with Gasteiger partial charge in [-0.15, -0.1) is 0 Å². The highest BCUT2D eigenvalue weighted by molar-refractivity contribution is 5.80. The van der Waals surface area contributed by atoms with Gasteiger partial charge in [0.05, 0.1) is 12.5 Å². The summed E-state index contributed by atoms with van der Waals surface area (Å²) in [6, 6.07) is 17.9. The van der Waals surface area contributed by atoms with Gasteiger partial charge in [0.15, 0.2) is 0 Å². The Morgan fingerprint density at radius 3 is 2.54 bits per heavy atom. The number of hydrogen-bond acceptors (Lipinski definition) is 2. The van der Waals surface area contributed by atoms with E-state index in [1.807, 2.05) is 42.5 Å². The summed E-state index contributed by atoms with van der Waals surface area (Å²) in [5.41, 5.74) is 3.51. The van der Waals surface area contributed by atoms with Crippen molar-refractivity contribution in [1.29, 1.82) is 0 Å². The van der Waals surface area contributed by atoms with E-state index in [4.69, 9.17) is 0 Å². The van der Waals surface area contributed by atoms with Gasteiger partial charge in [-0.3, -0.25) is 9.59 Å². The summed E-state index contributed by atoms with van der Waals surface area (Å²) in [7, 11) is 0. The molecule has 0 radical (unpaired) electrons. The minimum atomic E-state index is -0.0554. The summed E-state index contributed by atoms with van der Waals surface area (Å²) in [6.45, 7) is 0.367. The molecule has 2 N–H and O–H groups in total. The summed E-state index contributed by atoms with van der Waals surface area (Å²) < 4.78 is 0. The zero-order valence-corrected chi connectivity index (χ0v) is 13.6. The highest BCUT2D eigenvalue weighted by Crippen LogP contribution is 2.30. The van der Waals surface area contributed by atoms with Crippen LogP contribution in [-0.4, -0.2) is 18.4 Å². The Bertz CT molecular complexity index is 713. The van der Waals surface area contributed by atoms with E-state index in [1.165, 1.54) is 11.1 Å². The molecule has 0 bridgehead atoms. The predicted octanol–water partition coefficient (Wildman–Crippen LogP) is 2.54. The van der Waals surface area contributed by atoms with Gasteiger partial charge in [-0.1, -0.05) is 54.6 Å². The molecule has 0 heterocycles. The molecule has 2 amide bonds. The monoisotopic (exact) mass is 322 g/mol. The maximum absolute atomic E-state index is 12.1. The molecule has 4 nitrogen and oxygen atoms in total. The van der Waals surface area contributed by atoms with Gasteiger partial charge in [-0.25, -0.2) is 0 Å². The average Bonchev–Trinajstić information content (AvgIpc) is 2.99. The van der Waals surface area contributed by atoms with Crippen molar-refractivity contribution in [3.05, 3.63) is 71.3 Å². The Balaban J connectivity index is 1.40. The molecule has 0 aromatic heterocycles. The zero-order chi connectivity index (χ0) is 16.8. The maximum Gasteiger partial charge on any atom is 0.224 e. The zero-order valence-electron chi connectivity index (χ0n) is 13.6. The van der Waals surface area contributed by atoms with Gasteiger partial charge >= 0.3 is 0 Å². The quantitative estimate of drug-likeness (QED) is 0.858. The van der Waals surface area contributed by atoms with Crippen molar-refractivity contribution >= 4 is 11.8 Å². The van der Waals surface area contributed by atoms with Crippen LogP contribution < -0.4 is 10.6 Å². The van der Waals surface area contributed by atoms with E-state index in [0.717, 1.165) is 18.4 Å². The van der Waals surface area contributed by atoms with Crippen LogP contribution in [0.25, 0.3) is 0 Å². The number of rotatable bonds is 6. The van der Waals surface area contributed by atoms with Gasteiger partial charge in [0, 0.05) is 13.0 Å². The minimum absolute atomic E-state index is 0.0169. The summed E-state index contributed by atoms with van der Waals surface area (Å²) in [4.78, 5) is 23.9. The number of carbonyl (C=O) groups excluding carboxylic acids is 2. The third-order valence-electron chi connectivity index (χ3n) is 4.35. The van der Waals surface area contributed by atoms with E-state index in [0.29, 0.717) is 19.4 Å². The fraction of sp³-hybridized carbons (Fsp3) is 0.300. The molecule has 2 aromatic carbocycles. The molecule has 0 aliphatic heterocycles. The molecule has 2 aromatic rings. The summed E-state index contributed by atoms with van der Waals surface area (Å²) in [5.74, 6) is -0.0723. The lowest BCUT2D eigenvalue weighted by atomic mass is 10.1. The molecule has 124 valence electrons. The van der Waals surface area contributed by atoms with Crippen LogP contribution in [0.2, 0.25) is 0 Å². The normalized spacial score (nSPS) is 15.6. The van der Waals surface area contributed by atoms with E-state index < -0.39 is 0 Å². The van der Waals surface area contributed by atoms with E-state index in [-0.39, 0.29) is 17.9 Å². The number of amides is 2. The third kappa shape index (κ3) is 4.22. The Morgan fingerprint density at radius 1 is 0.958 bits per heavy atom. The molecule has 4 heteroatoms. The van der Waals surface area contributed by atoms with Gasteiger partial charge in [0.2, 0.25) is 11.8 Å². The van der Waals surface area contributed by atoms with E-state index in [2.05, 4.69) is 22.8 Å². The Kier molecular flexibility index (Phi) is 5.26. The molecular weight excluding hydrogens is 300 g/mol. The largest absolute Gasteiger partial charge is 0.355 e. The highest BCUT2D eigenvalue weighted by atomic mass is 16.2. The van der Waals surface area contributed by atoms with E-state index in [1.54, 1.807) is 0 Å². The molecule has 3 rings (SSSR count). The highest BCUT2D eigenvalue weighted by Gasteiger charge is 2.23. The molecule has 0 fully saturated rings. The lowest BCUT2D eigenvalue weighted by Crippen LogP contribution is -2.32. The van der Waals surface area contributed by atoms with Crippen LogP contribution in [0.3, 0.4) is 0 Å². The summed E-state index contributed by atoms with van der Waals surface area (Å²) >= 11 is 0. The third-order valence-corrected chi connectivity index (χ3v) is 4.35. The van der Waals surface area contributed by atoms with Crippen molar-refractivity contribution < 1.29 is 9.59 Å². The second kappa shape index (κ2) is 7.77. The smallest absolute Gasteiger partial charge is 0.224 e. The van der Waals surface area contributed by atoms with Gasteiger partial charge in [0.1, 0.15) is 0 Å². The van der Waals surface area contributed by atoms with Crippen LogP contribution in [0.5, 0.6) is 0 Å². The Hall–Kier alpha value is -2.62. The molecule has 1 aliphatic rings. The molecule has 0 saturated carbocycles. The van der Waals surface area contributed by atoms with Crippen LogP contribution in [0.15, 0.2) is 54.6 Å². The fourth-order valence-corrected chi connectivity index (χ4v) is 3.13. The lowest BCUT2D eigenvalue weighted by molar-refractivity contribution is -0.122. The minimum Gasteiger partial charge on any atom is -0.355 e. The van der Waals surface area contributed by atoms with Crippen molar-refractivity contribution in [2.45, 2.75) is 31.7 Å². The second-order valence-electron chi connectivity index (χ2n) is 6.12. The maximum atomic E-state index is 12.1. The number of hydrogen-bond donors (Lipinski definition) is 2. The number of nitrogens with one attached hydrogen (secondary N) is 2. The van der Waals surface area contributed by atoms with Gasteiger partial charge in [-0.2, -0.15) is 0 Å². The predicted molar refractivity (Wildman–Crippen MR) is 93.4 cm³/mol. The number of benzene rings is 2. The lowest BCUT2D eigenvalue weighted by Gasteiger charge is -2.14. The first-order valence-electron chi connectivity index (χ1n) is 8.40. The van der Waals surface area contributed by atoms with Crippen LogP contribution in [0.1, 0.15) is 35.6 Å². The van der Waals surface area contributed by atoms with Gasteiger partial charge in [0.25, 0.3) is 0 Å². The fourth-order valence-electron chi connectivity index (χ4n) is 3.13. The molecular formula is C20H22N2O2. The standard InChI is InChI=1S/C20H22N2O2/c23-19(22-18-11-10-16-8-4-5-9-17(16)18)12-13-21-20(24)14-15-6-2-1-3-7-15/h1-9,18H,10-14H2,(H,21,24)(H,22,23)/t18-/m1/s1. The molecule has 0 spiro atoms. The first-order chi connectivity index (χ1) is 11.7. The first kappa shape index (κ1) is 16.2. The average molecular weight is 322 g/mol. The van der Waals surface area contributed by atoms with Crippen LogP contribution in [-0.2, 0) is 22.4 Å². The molecule has 1 aliphatic carbocycles. The van der Waals surface area contributed by atoms with Crippen molar-refractivity contribution in [2.75, 3.05) is 6.54 Å². The summed E-state index contributed by atoms with van der Waals surface area (Å²) in [5, 5.41) is 5.87. The number of carbonyl (C=O) groups is 2. The van der Waals surface area contributed by atoms with Crippen LogP contribution >= 0.6 is 0 Å². The molecule has 0 saturated heterocycles. The van der Waals surface area contributed by atoms with Crippen LogP contribution in [0.4, 0.5) is 0 Å². The van der Waals surface area contributed by atoms with Gasteiger partial charge in [-0.05, 0) is 29.5 Å². The van der Waals surface area contributed by atoms with Crippen molar-refractivity contribution in [3.63, 3.8) is 0 Å². The van der Waals surface area contributed by atoms with E-state index >= 15 is 0 Å². The van der Waals surface area contributed by atoms with E-state index in [9.17, 15) is 9.59 Å². The number of aryl methyl sites for hydroxylation is 1. The second-order valence-corrected chi connectivity index (χ2v) is 6.12. The first-order valence-corrected chi connectivity index (χ1v) is 8.40. The van der Waals surface area contributed by atoms with Crippen molar-refractivity contribution in [2.24, 2.45) is 0 Å². The van der Waals surface area contributed by atoms with Crippen LogP contribution in [0, 0.1) is 0 Å². The summed E-state index contributed by atoms with van der Waals surface area (Å²) in [6.07, 6.45) is 2.61. The van der Waals surface area contributed by atoms with Crippen molar-refractivity contribution in [1.82, 2.24) is 10.6 Å². The van der Waals surface area contributed by atoms with Gasteiger partial charge < -0.3 is 10.6 Å². The molecule has 1 atom stereocenters. The molecule has 24 heavy (non-hydrogen) atoms.